The first-order valence-corrected chi connectivity index (χ1v) is 7.57. The SMILES string of the molecule is CC[C@H](c1ccc(C(C)(C)C)cc1)N1CCNCC1.Cl.Cl. The second-order valence-electron chi connectivity index (χ2n) is 6.58. The number of piperazine rings is 1. The lowest BCUT2D eigenvalue weighted by atomic mass is 9.86. The first-order valence-electron chi connectivity index (χ1n) is 7.57. The topological polar surface area (TPSA) is 15.3 Å². The molecular weight excluding hydrogens is 303 g/mol. The maximum absolute atomic E-state index is 3.43. The van der Waals surface area contributed by atoms with Crippen LogP contribution in [0.25, 0.3) is 0 Å². The van der Waals surface area contributed by atoms with Crippen LogP contribution in [-0.4, -0.2) is 31.1 Å². The zero-order valence-electron chi connectivity index (χ0n) is 13.7. The summed E-state index contributed by atoms with van der Waals surface area (Å²) in [5.74, 6) is 0. The average Bonchev–Trinajstić information content (AvgIpc) is 2.40. The molecule has 122 valence electrons. The van der Waals surface area contributed by atoms with Crippen molar-refractivity contribution in [1.82, 2.24) is 10.2 Å². The number of benzene rings is 1. The van der Waals surface area contributed by atoms with Crippen LogP contribution in [0.1, 0.15) is 51.3 Å². The molecule has 1 aliphatic heterocycles. The van der Waals surface area contributed by atoms with Crippen LogP contribution in [0.15, 0.2) is 24.3 Å². The lowest BCUT2D eigenvalue weighted by Gasteiger charge is -2.35. The van der Waals surface area contributed by atoms with Gasteiger partial charge in [-0.25, -0.2) is 0 Å². The summed E-state index contributed by atoms with van der Waals surface area (Å²) in [4.78, 5) is 2.61. The highest BCUT2D eigenvalue weighted by molar-refractivity contribution is 5.85. The zero-order valence-corrected chi connectivity index (χ0v) is 15.3. The molecule has 21 heavy (non-hydrogen) atoms. The second kappa shape index (κ2) is 8.99. The van der Waals surface area contributed by atoms with Crippen molar-refractivity contribution in [2.24, 2.45) is 0 Å². The third-order valence-corrected chi connectivity index (χ3v) is 4.14. The van der Waals surface area contributed by atoms with Gasteiger partial charge in [0.1, 0.15) is 0 Å². The number of hydrogen-bond acceptors (Lipinski definition) is 2. The summed E-state index contributed by atoms with van der Waals surface area (Å²) >= 11 is 0. The van der Waals surface area contributed by atoms with E-state index in [0.29, 0.717) is 6.04 Å². The van der Waals surface area contributed by atoms with Gasteiger partial charge in [0, 0.05) is 32.2 Å². The number of rotatable bonds is 3. The highest BCUT2D eigenvalue weighted by atomic mass is 35.5. The third-order valence-electron chi connectivity index (χ3n) is 4.14. The number of hydrogen-bond donors (Lipinski definition) is 1. The fourth-order valence-electron chi connectivity index (χ4n) is 2.90. The Bertz CT molecular complexity index is 392. The Labute approximate surface area is 142 Å². The molecule has 4 heteroatoms. The fourth-order valence-corrected chi connectivity index (χ4v) is 2.90. The smallest absolute Gasteiger partial charge is 0.0346 e. The number of halogens is 2. The molecule has 1 aromatic carbocycles. The van der Waals surface area contributed by atoms with E-state index in [1.165, 1.54) is 30.6 Å². The summed E-state index contributed by atoms with van der Waals surface area (Å²) in [5, 5.41) is 3.43. The summed E-state index contributed by atoms with van der Waals surface area (Å²) in [6.07, 6.45) is 1.19. The normalized spacial score (nSPS) is 17.5. The van der Waals surface area contributed by atoms with Crippen molar-refractivity contribution in [3.8, 4) is 0 Å². The van der Waals surface area contributed by atoms with Crippen molar-refractivity contribution >= 4 is 24.8 Å². The standard InChI is InChI=1S/C17H28N2.2ClH/c1-5-16(19-12-10-18-11-13-19)14-6-8-15(9-7-14)17(2,3)4;;/h6-9,16,18H,5,10-13H2,1-4H3;2*1H/t16-;;/m1../s1. The Hall–Kier alpha value is -0.280. The van der Waals surface area contributed by atoms with Gasteiger partial charge in [0.2, 0.25) is 0 Å². The Morgan fingerprint density at radius 3 is 2.00 bits per heavy atom. The van der Waals surface area contributed by atoms with Gasteiger partial charge < -0.3 is 5.32 Å². The van der Waals surface area contributed by atoms with Crippen molar-refractivity contribution in [3.05, 3.63) is 35.4 Å². The minimum absolute atomic E-state index is 0. The molecule has 0 saturated carbocycles. The molecule has 1 heterocycles. The predicted molar refractivity (Wildman–Crippen MR) is 97.1 cm³/mol. The van der Waals surface area contributed by atoms with E-state index in [1.54, 1.807) is 0 Å². The molecule has 0 amide bonds. The summed E-state index contributed by atoms with van der Waals surface area (Å²) in [6.45, 7) is 13.7. The molecule has 1 saturated heterocycles. The Morgan fingerprint density at radius 2 is 1.57 bits per heavy atom. The first-order chi connectivity index (χ1) is 9.02. The lowest BCUT2D eigenvalue weighted by Crippen LogP contribution is -2.45. The third kappa shape index (κ3) is 5.45. The van der Waals surface area contributed by atoms with E-state index in [9.17, 15) is 0 Å². The van der Waals surface area contributed by atoms with Gasteiger partial charge in [0.05, 0.1) is 0 Å². The quantitative estimate of drug-likeness (QED) is 0.892. The number of nitrogens with one attached hydrogen (secondary N) is 1. The van der Waals surface area contributed by atoms with E-state index >= 15 is 0 Å². The van der Waals surface area contributed by atoms with Crippen LogP contribution in [0.5, 0.6) is 0 Å². The maximum Gasteiger partial charge on any atom is 0.0346 e. The minimum atomic E-state index is 0. The molecule has 0 radical (unpaired) electrons. The van der Waals surface area contributed by atoms with Crippen LogP contribution in [-0.2, 0) is 5.41 Å². The van der Waals surface area contributed by atoms with Crippen molar-refractivity contribution < 1.29 is 0 Å². The van der Waals surface area contributed by atoms with Crippen LogP contribution in [0, 0.1) is 0 Å². The van der Waals surface area contributed by atoms with Gasteiger partial charge >= 0.3 is 0 Å². The molecule has 0 aliphatic carbocycles. The fraction of sp³-hybridized carbons (Fsp3) is 0.647. The number of nitrogens with zero attached hydrogens (tertiary/aromatic N) is 1. The summed E-state index contributed by atoms with van der Waals surface area (Å²) in [7, 11) is 0. The molecule has 0 spiro atoms. The Kier molecular flexibility index (Phi) is 8.87. The Morgan fingerprint density at radius 1 is 1.05 bits per heavy atom. The van der Waals surface area contributed by atoms with Gasteiger partial charge in [0.15, 0.2) is 0 Å². The second-order valence-corrected chi connectivity index (χ2v) is 6.58. The van der Waals surface area contributed by atoms with Crippen molar-refractivity contribution in [2.45, 2.75) is 45.6 Å². The van der Waals surface area contributed by atoms with E-state index < -0.39 is 0 Å². The predicted octanol–water partition coefficient (Wildman–Crippen LogP) is 4.18. The van der Waals surface area contributed by atoms with E-state index in [4.69, 9.17) is 0 Å². The molecule has 1 N–H and O–H groups in total. The van der Waals surface area contributed by atoms with E-state index in [1.807, 2.05) is 0 Å². The largest absolute Gasteiger partial charge is 0.314 e. The van der Waals surface area contributed by atoms with Gasteiger partial charge in [-0.15, -0.1) is 24.8 Å². The summed E-state index contributed by atoms with van der Waals surface area (Å²) in [5.41, 5.74) is 3.14. The molecule has 1 aromatic rings. The summed E-state index contributed by atoms with van der Waals surface area (Å²) in [6, 6.07) is 9.85. The van der Waals surface area contributed by atoms with Crippen LogP contribution in [0.4, 0.5) is 0 Å². The van der Waals surface area contributed by atoms with E-state index in [-0.39, 0.29) is 30.2 Å². The zero-order chi connectivity index (χ0) is 13.9. The molecule has 0 bridgehead atoms. The van der Waals surface area contributed by atoms with Crippen LogP contribution in [0.2, 0.25) is 0 Å². The molecular formula is C17H30Cl2N2. The van der Waals surface area contributed by atoms with Crippen molar-refractivity contribution in [2.75, 3.05) is 26.2 Å². The van der Waals surface area contributed by atoms with Gasteiger partial charge in [-0.05, 0) is 23.0 Å². The minimum Gasteiger partial charge on any atom is -0.314 e. The van der Waals surface area contributed by atoms with Crippen LogP contribution in [0.3, 0.4) is 0 Å². The van der Waals surface area contributed by atoms with Gasteiger partial charge in [-0.3, -0.25) is 4.90 Å². The molecule has 1 aliphatic rings. The first kappa shape index (κ1) is 20.7. The average molecular weight is 333 g/mol. The molecule has 1 atom stereocenters. The van der Waals surface area contributed by atoms with Crippen molar-refractivity contribution in [3.63, 3.8) is 0 Å². The van der Waals surface area contributed by atoms with Crippen LogP contribution >= 0.6 is 24.8 Å². The Balaban J connectivity index is 0.00000200. The molecule has 1 fully saturated rings. The highest BCUT2D eigenvalue weighted by Gasteiger charge is 2.21. The maximum atomic E-state index is 3.43. The lowest BCUT2D eigenvalue weighted by molar-refractivity contribution is 0.169. The van der Waals surface area contributed by atoms with E-state index in [0.717, 1.165) is 13.1 Å². The van der Waals surface area contributed by atoms with Gasteiger partial charge in [-0.2, -0.15) is 0 Å². The molecule has 2 rings (SSSR count). The molecule has 2 nitrogen and oxygen atoms in total. The van der Waals surface area contributed by atoms with Gasteiger partial charge in [-0.1, -0.05) is 52.0 Å². The van der Waals surface area contributed by atoms with Crippen molar-refractivity contribution in [1.29, 1.82) is 0 Å². The molecule has 0 aromatic heterocycles. The molecule has 0 unspecified atom stereocenters. The highest BCUT2D eigenvalue weighted by Crippen LogP contribution is 2.28. The van der Waals surface area contributed by atoms with Crippen LogP contribution < -0.4 is 5.32 Å². The van der Waals surface area contributed by atoms with Gasteiger partial charge in [0.25, 0.3) is 0 Å². The monoisotopic (exact) mass is 332 g/mol. The van der Waals surface area contributed by atoms with E-state index in [2.05, 4.69) is 62.2 Å². The summed E-state index contributed by atoms with van der Waals surface area (Å²) < 4.78 is 0.